The van der Waals surface area contributed by atoms with Crippen molar-refractivity contribution in [3.63, 3.8) is 0 Å². The number of aliphatic carboxylic acids is 1. The minimum Gasteiger partial charge on any atom is -0.480 e. The molecule has 3 rings (SSSR count). The lowest BCUT2D eigenvalue weighted by molar-refractivity contribution is -0.139. The van der Waals surface area contributed by atoms with E-state index in [1.165, 1.54) is 0 Å². The van der Waals surface area contributed by atoms with Gasteiger partial charge in [-0.2, -0.15) is 0 Å². The summed E-state index contributed by atoms with van der Waals surface area (Å²) >= 11 is 0. The Bertz CT molecular complexity index is 806. The maximum atomic E-state index is 12.2. The number of likely N-dealkylation sites (N-methyl/N-ethyl adjacent to an activating group) is 1. The number of nitrogens with one attached hydrogen (secondary N) is 2. The highest BCUT2D eigenvalue weighted by atomic mass is 16.4. The van der Waals surface area contributed by atoms with E-state index in [0.29, 0.717) is 13.1 Å². The third-order valence-electron chi connectivity index (χ3n) is 5.08. The Morgan fingerprint density at radius 1 is 1.21 bits per heavy atom. The summed E-state index contributed by atoms with van der Waals surface area (Å²) in [7, 11) is 0. The van der Waals surface area contributed by atoms with Crippen molar-refractivity contribution < 1.29 is 14.7 Å². The smallest absolute Gasteiger partial charge is 0.317 e. The number of carbonyl (C=O) groups is 2. The zero-order chi connectivity index (χ0) is 19.9. The lowest BCUT2D eigenvalue weighted by atomic mass is 9.85. The Balaban J connectivity index is 1.44. The number of hydrogen-bond donors (Lipinski definition) is 3. The summed E-state index contributed by atoms with van der Waals surface area (Å²) in [5.41, 5.74) is 3.12. The quantitative estimate of drug-likeness (QED) is 0.652. The molecule has 1 aliphatic carbocycles. The minimum absolute atomic E-state index is 0.0490. The van der Waals surface area contributed by atoms with Crippen molar-refractivity contribution in [1.82, 2.24) is 20.5 Å². The molecule has 2 amide bonds. The number of carbonyl (C=O) groups excluding carboxylic acids is 1. The van der Waals surface area contributed by atoms with Crippen molar-refractivity contribution in [3.8, 4) is 11.1 Å². The first-order chi connectivity index (χ1) is 13.5. The van der Waals surface area contributed by atoms with E-state index >= 15 is 0 Å². The first-order valence-corrected chi connectivity index (χ1v) is 9.54. The van der Waals surface area contributed by atoms with Crippen LogP contribution in [0.25, 0.3) is 11.1 Å². The fourth-order valence-electron chi connectivity index (χ4n) is 3.49. The standard InChI is InChI=1S/C21H26N4O3/c1-2-25(14-20(26)27)19-10-18(11-19)24-21(28)23-12-15-5-3-6-16(9-15)17-7-4-8-22-13-17/h3-9,13,18-19H,2,10-12,14H2,1H3,(H,26,27)(H2,23,24,28). The summed E-state index contributed by atoms with van der Waals surface area (Å²) in [4.78, 5) is 29.1. The maximum Gasteiger partial charge on any atom is 0.317 e. The summed E-state index contributed by atoms with van der Waals surface area (Å²) in [6, 6.07) is 12.0. The van der Waals surface area contributed by atoms with Gasteiger partial charge in [0.25, 0.3) is 0 Å². The zero-order valence-corrected chi connectivity index (χ0v) is 16.0. The zero-order valence-electron chi connectivity index (χ0n) is 16.0. The van der Waals surface area contributed by atoms with Crippen LogP contribution in [0, 0.1) is 0 Å². The Kier molecular flexibility index (Phi) is 6.60. The van der Waals surface area contributed by atoms with E-state index < -0.39 is 5.97 Å². The normalized spacial score (nSPS) is 18.4. The van der Waals surface area contributed by atoms with E-state index in [1.807, 2.05) is 54.4 Å². The number of aromatic nitrogens is 1. The summed E-state index contributed by atoms with van der Waals surface area (Å²) in [5.74, 6) is -0.815. The molecule has 1 aromatic carbocycles. The lowest BCUT2D eigenvalue weighted by Gasteiger charge is -2.42. The van der Waals surface area contributed by atoms with Crippen molar-refractivity contribution >= 4 is 12.0 Å². The van der Waals surface area contributed by atoms with E-state index in [1.54, 1.807) is 6.20 Å². The van der Waals surface area contributed by atoms with Crippen LogP contribution >= 0.6 is 0 Å². The van der Waals surface area contributed by atoms with E-state index in [2.05, 4.69) is 15.6 Å². The van der Waals surface area contributed by atoms with Gasteiger partial charge in [0.15, 0.2) is 0 Å². The number of carboxylic acids is 1. The second-order valence-corrected chi connectivity index (χ2v) is 7.05. The highest BCUT2D eigenvalue weighted by Crippen LogP contribution is 2.25. The molecule has 3 N–H and O–H groups in total. The van der Waals surface area contributed by atoms with Gasteiger partial charge >= 0.3 is 12.0 Å². The van der Waals surface area contributed by atoms with Crippen LogP contribution in [0.4, 0.5) is 4.79 Å². The van der Waals surface area contributed by atoms with E-state index in [-0.39, 0.29) is 24.7 Å². The topological polar surface area (TPSA) is 94.6 Å². The Morgan fingerprint density at radius 2 is 2.00 bits per heavy atom. The van der Waals surface area contributed by atoms with Crippen LogP contribution in [-0.2, 0) is 11.3 Å². The highest BCUT2D eigenvalue weighted by Gasteiger charge is 2.34. The van der Waals surface area contributed by atoms with Gasteiger partial charge in [-0.1, -0.05) is 31.2 Å². The Hall–Kier alpha value is -2.93. The number of pyridine rings is 1. The number of nitrogens with zero attached hydrogens (tertiary/aromatic N) is 2. The summed E-state index contributed by atoms with van der Waals surface area (Å²) < 4.78 is 0. The number of rotatable bonds is 8. The first-order valence-electron chi connectivity index (χ1n) is 9.54. The summed E-state index contributed by atoms with van der Waals surface area (Å²) in [6.07, 6.45) is 5.12. The number of benzene rings is 1. The monoisotopic (exact) mass is 382 g/mol. The molecule has 0 saturated heterocycles. The van der Waals surface area contributed by atoms with E-state index in [9.17, 15) is 9.59 Å². The third kappa shape index (κ3) is 5.29. The van der Waals surface area contributed by atoms with Gasteiger partial charge in [-0.15, -0.1) is 0 Å². The average molecular weight is 382 g/mol. The number of hydrogen-bond acceptors (Lipinski definition) is 4. The first kappa shape index (κ1) is 19.8. The fraction of sp³-hybridized carbons (Fsp3) is 0.381. The molecule has 148 valence electrons. The van der Waals surface area contributed by atoms with Crippen LogP contribution < -0.4 is 10.6 Å². The molecule has 7 nitrogen and oxygen atoms in total. The summed E-state index contributed by atoms with van der Waals surface area (Å²) in [6.45, 7) is 3.14. The molecule has 1 aromatic heterocycles. The number of urea groups is 1. The van der Waals surface area contributed by atoms with Crippen molar-refractivity contribution in [3.05, 3.63) is 54.4 Å². The minimum atomic E-state index is -0.815. The van der Waals surface area contributed by atoms with Crippen LogP contribution in [-0.4, -0.2) is 52.2 Å². The van der Waals surface area contributed by atoms with Crippen molar-refractivity contribution in [2.75, 3.05) is 13.1 Å². The molecule has 0 aliphatic heterocycles. The van der Waals surface area contributed by atoms with Gasteiger partial charge in [-0.3, -0.25) is 14.7 Å². The predicted molar refractivity (Wildman–Crippen MR) is 107 cm³/mol. The molecule has 0 atom stereocenters. The van der Waals surface area contributed by atoms with Gasteiger partial charge in [0, 0.05) is 31.0 Å². The van der Waals surface area contributed by atoms with Crippen molar-refractivity contribution in [1.29, 1.82) is 0 Å². The van der Waals surface area contributed by atoms with Crippen LogP contribution in [0.2, 0.25) is 0 Å². The molecular weight excluding hydrogens is 356 g/mol. The second kappa shape index (κ2) is 9.32. The average Bonchev–Trinajstić information content (AvgIpc) is 2.68. The van der Waals surface area contributed by atoms with Crippen molar-refractivity contribution in [2.24, 2.45) is 0 Å². The molecule has 0 radical (unpaired) electrons. The highest BCUT2D eigenvalue weighted by molar-refractivity contribution is 5.74. The van der Waals surface area contributed by atoms with Gasteiger partial charge in [0.2, 0.25) is 0 Å². The number of carboxylic acid groups (broad SMARTS) is 1. The van der Waals surface area contributed by atoms with Gasteiger partial charge in [0.1, 0.15) is 0 Å². The molecule has 0 spiro atoms. The molecule has 0 bridgehead atoms. The fourth-order valence-corrected chi connectivity index (χ4v) is 3.49. The molecule has 1 saturated carbocycles. The van der Waals surface area contributed by atoms with Crippen LogP contribution in [0.1, 0.15) is 25.3 Å². The van der Waals surface area contributed by atoms with Gasteiger partial charge in [-0.25, -0.2) is 4.79 Å². The van der Waals surface area contributed by atoms with Gasteiger partial charge in [0.05, 0.1) is 6.54 Å². The lowest BCUT2D eigenvalue weighted by Crippen LogP contribution is -2.56. The van der Waals surface area contributed by atoms with Crippen LogP contribution in [0.3, 0.4) is 0 Å². The molecule has 0 unspecified atom stereocenters. The molecule has 28 heavy (non-hydrogen) atoms. The Labute approximate surface area is 164 Å². The summed E-state index contributed by atoms with van der Waals surface area (Å²) in [5, 5.41) is 14.8. The SMILES string of the molecule is CCN(CC(=O)O)C1CC(NC(=O)NCc2cccc(-c3cccnc3)c2)C1. The molecule has 1 fully saturated rings. The van der Waals surface area contributed by atoms with Gasteiger partial charge in [-0.05, 0) is 48.2 Å². The van der Waals surface area contributed by atoms with Gasteiger partial charge < -0.3 is 15.7 Å². The maximum absolute atomic E-state index is 12.2. The molecule has 2 aromatic rings. The largest absolute Gasteiger partial charge is 0.480 e. The molecule has 7 heteroatoms. The number of amides is 2. The van der Waals surface area contributed by atoms with Crippen LogP contribution in [0.5, 0.6) is 0 Å². The predicted octanol–water partition coefficient (Wildman–Crippen LogP) is 2.49. The van der Waals surface area contributed by atoms with E-state index in [4.69, 9.17) is 5.11 Å². The third-order valence-corrected chi connectivity index (χ3v) is 5.08. The molecule has 1 aliphatic rings. The molecule has 1 heterocycles. The van der Waals surface area contributed by atoms with E-state index in [0.717, 1.165) is 29.5 Å². The molecular formula is C21H26N4O3. The Morgan fingerprint density at radius 3 is 2.68 bits per heavy atom. The van der Waals surface area contributed by atoms with Crippen molar-refractivity contribution in [2.45, 2.75) is 38.4 Å². The second-order valence-electron chi connectivity index (χ2n) is 7.05. The van der Waals surface area contributed by atoms with Crippen LogP contribution in [0.15, 0.2) is 48.8 Å².